The number of nitrogens with one attached hydrogen (secondary N) is 1. The molecule has 3 N–H and O–H groups in total. The number of methoxy groups -OCH3 is 1. The molecule has 1 aliphatic carbocycles. The highest BCUT2D eigenvalue weighted by Crippen LogP contribution is 2.33. The topological polar surface area (TPSA) is 90.2 Å². The van der Waals surface area contributed by atoms with Gasteiger partial charge in [0.25, 0.3) is 5.82 Å². The summed E-state index contributed by atoms with van der Waals surface area (Å²) in [6.45, 7) is 0. The number of esters is 1. The molecule has 24 heavy (non-hydrogen) atoms. The lowest BCUT2D eigenvalue weighted by molar-refractivity contribution is -0.373. The summed E-state index contributed by atoms with van der Waals surface area (Å²) in [7, 11) is 1.36. The first-order chi connectivity index (χ1) is 11.7. The number of hydrogen-bond donors (Lipinski definition) is 1. The number of nitrogens with two attached hydrogens (primary N) is 1. The van der Waals surface area contributed by atoms with Crippen LogP contribution in [0.5, 0.6) is 0 Å². The van der Waals surface area contributed by atoms with Gasteiger partial charge >= 0.3 is 5.97 Å². The van der Waals surface area contributed by atoms with Gasteiger partial charge in [-0.05, 0) is 37.0 Å². The van der Waals surface area contributed by atoms with E-state index in [9.17, 15) is 10.1 Å². The van der Waals surface area contributed by atoms with Crippen molar-refractivity contribution in [2.45, 2.75) is 32.1 Å². The Morgan fingerprint density at radius 3 is 2.58 bits per heavy atom. The first-order valence-electron chi connectivity index (χ1n) is 8.11. The van der Waals surface area contributed by atoms with E-state index in [-0.39, 0.29) is 5.97 Å². The molecule has 3 rings (SSSR count). The number of aromatic nitrogens is 1. The van der Waals surface area contributed by atoms with E-state index in [1.54, 1.807) is 12.1 Å². The molecule has 0 spiro atoms. The molecule has 2 aromatic rings. The molecule has 0 saturated carbocycles. The van der Waals surface area contributed by atoms with Gasteiger partial charge < -0.3 is 4.74 Å². The molecule has 5 heteroatoms. The molecule has 1 aromatic heterocycles. The molecule has 0 saturated heterocycles. The number of nitrogen functional groups attached to an aromatic ring is 1. The van der Waals surface area contributed by atoms with Crippen LogP contribution in [0.15, 0.2) is 24.3 Å². The molecule has 0 atom stereocenters. The van der Waals surface area contributed by atoms with Crippen molar-refractivity contribution in [3.05, 3.63) is 46.6 Å². The first-order valence-corrected chi connectivity index (χ1v) is 8.11. The Bertz CT molecular complexity index is 820. The lowest BCUT2D eigenvalue weighted by atomic mass is 9.91. The lowest BCUT2D eigenvalue weighted by Gasteiger charge is -2.13. The maximum absolute atomic E-state index is 11.6. The Labute approximate surface area is 141 Å². The number of ether oxygens (including phenoxy) is 1. The van der Waals surface area contributed by atoms with Crippen molar-refractivity contribution < 1.29 is 14.5 Å². The minimum Gasteiger partial charge on any atom is -0.465 e. The van der Waals surface area contributed by atoms with E-state index in [0.29, 0.717) is 16.9 Å². The highest BCUT2D eigenvalue weighted by Gasteiger charge is 2.24. The number of carbonyl (C=O) groups is 1. The monoisotopic (exact) mass is 322 g/mol. The predicted octanol–water partition coefficient (Wildman–Crippen LogP) is 2.68. The number of hydrogen-bond acceptors (Lipinski definition) is 4. The number of aryl methyl sites for hydroxylation is 1. The average molecular weight is 322 g/mol. The zero-order chi connectivity index (χ0) is 17.1. The smallest absolute Gasteiger partial charge is 0.337 e. The van der Waals surface area contributed by atoms with Crippen molar-refractivity contribution in [2.24, 2.45) is 0 Å². The van der Waals surface area contributed by atoms with Crippen molar-refractivity contribution in [2.75, 3.05) is 12.8 Å². The van der Waals surface area contributed by atoms with Crippen LogP contribution in [0.3, 0.4) is 0 Å². The summed E-state index contributed by atoms with van der Waals surface area (Å²) in [5.41, 5.74) is 11.1. The standard InChI is InChI=1S/C19H19N3O2/c1-24-19(23)13-9-7-12(8-10-13)17-14-5-3-2-4-6-16(14)22-18(21)15(17)11-20/h7-10H,2-6H2,1H3,(H2,21,22)/p+1. The molecular formula is C19H20N3O2+. The maximum Gasteiger partial charge on any atom is 0.337 e. The van der Waals surface area contributed by atoms with E-state index in [1.807, 2.05) is 12.1 Å². The second-order valence-electron chi connectivity index (χ2n) is 5.99. The van der Waals surface area contributed by atoms with Gasteiger partial charge in [0.15, 0.2) is 0 Å². The second-order valence-corrected chi connectivity index (χ2v) is 5.99. The number of H-pyrrole nitrogens is 1. The van der Waals surface area contributed by atoms with Crippen LogP contribution in [0, 0.1) is 11.3 Å². The summed E-state index contributed by atoms with van der Waals surface area (Å²) in [4.78, 5) is 14.8. The summed E-state index contributed by atoms with van der Waals surface area (Å²) in [5, 5.41) is 9.59. The van der Waals surface area contributed by atoms with Crippen LogP contribution in [-0.4, -0.2) is 13.1 Å². The van der Waals surface area contributed by atoms with Gasteiger partial charge in [-0.25, -0.2) is 9.78 Å². The molecule has 1 aromatic carbocycles. The van der Waals surface area contributed by atoms with Crippen LogP contribution in [-0.2, 0) is 17.6 Å². The third kappa shape index (κ3) is 2.83. The van der Waals surface area contributed by atoms with Gasteiger partial charge in [-0.15, -0.1) is 0 Å². The SMILES string of the molecule is COC(=O)c1ccc(-c2c(C#N)c(N)[nH+]c3c2CCCCC3)cc1. The van der Waals surface area contributed by atoms with Crippen LogP contribution in [0.4, 0.5) is 5.82 Å². The molecule has 5 nitrogen and oxygen atoms in total. The van der Waals surface area contributed by atoms with Gasteiger partial charge in [-0.1, -0.05) is 18.6 Å². The minimum absolute atomic E-state index is 0.373. The normalized spacial score (nSPS) is 13.5. The summed E-state index contributed by atoms with van der Waals surface area (Å²) < 4.78 is 4.74. The molecule has 0 fully saturated rings. The van der Waals surface area contributed by atoms with E-state index >= 15 is 0 Å². The van der Waals surface area contributed by atoms with Gasteiger partial charge in [0.2, 0.25) is 0 Å². The summed E-state index contributed by atoms with van der Waals surface area (Å²) >= 11 is 0. The third-order valence-electron chi connectivity index (χ3n) is 4.53. The number of aromatic amines is 1. The van der Waals surface area contributed by atoms with Gasteiger partial charge in [0.1, 0.15) is 17.3 Å². The number of benzene rings is 1. The average Bonchev–Trinajstić information content (AvgIpc) is 2.85. The summed E-state index contributed by atoms with van der Waals surface area (Å²) in [6.07, 6.45) is 5.26. The van der Waals surface area contributed by atoms with Gasteiger partial charge in [-0.3, -0.25) is 5.73 Å². The number of pyridine rings is 1. The van der Waals surface area contributed by atoms with Crippen LogP contribution in [0.25, 0.3) is 11.1 Å². The Balaban J connectivity index is 2.17. The van der Waals surface area contributed by atoms with Crippen molar-refractivity contribution in [3.8, 4) is 17.2 Å². The fourth-order valence-corrected chi connectivity index (χ4v) is 3.33. The zero-order valence-corrected chi connectivity index (χ0v) is 13.7. The van der Waals surface area contributed by atoms with Crippen molar-refractivity contribution >= 4 is 11.8 Å². The maximum atomic E-state index is 11.6. The van der Waals surface area contributed by atoms with E-state index in [4.69, 9.17) is 10.5 Å². The third-order valence-corrected chi connectivity index (χ3v) is 4.53. The summed E-state index contributed by atoms with van der Waals surface area (Å²) in [5.74, 6) is 0.0342. The molecule has 1 heterocycles. The van der Waals surface area contributed by atoms with Crippen LogP contribution < -0.4 is 10.7 Å². The molecule has 0 radical (unpaired) electrons. The number of carbonyl (C=O) groups excluding carboxylic acids is 1. The van der Waals surface area contributed by atoms with Crippen molar-refractivity contribution in [3.63, 3.8) is 0 Å². The molecular weight excluding hydrogens is 302 g/mol. The largest absolute Gasteiger partial charge is 0.465 e. The molecule has 0 aliphatic heterocycles. The highest BCUT2D eigenvalue weighted by atomic mass is 16.5. The molecule has 1 aliphatic rings. The minimum atomic E-state index is -0.373. The van der Waals surface area contributed by atoms with E-state index < -0.39 is 0 Å². The fourth-order valence-electron chi connectivity index (χ4n) is 3.33. The first kappa shape index (κ1) is 16.0. The van der Waals surface area contributed by atoms with Gasteiger partial charge in [-0.2, -0.15) is 5.26 Å². The summed E-state index contributed by atoms with van der Waals surface area (Å²) in [6, 6.07) is 9.38. The fraction of sp³-hybridized carbons (Fsp3) is 0.316. The van der Waals surface area contributed by atoms with Crippen LogP contribution in [0.1, 0.15) is 46.4 Å². The molecule has 0 amide bonds. The second kappa shape index (κ2) is 6.71. The van der Waals surface area contributed by atoms with E-state index in [0.717, 1.165) is 42.5 Å². The number of anilines is 1. The zero-order valence-electron chi connectivity index (χ0n) is 13.7. The number of fused-ring (bicyclic) bond motifs is 1. The lowest BCUT2D eigenvalue weighted by Crippen LogP contribution is -2.21. The molecule has 122 valence electrons. The van der Waals surface area contributed by atoms with Gasteiger partial charge in [0.05, 0.1) is 12.7 Å². The van der Waals surface area contributed by atoms with Crippen LogP contribution >= 0.6 is 0 Å². The quantitative estimate of drug-likeness (QED) is 0.680. The van der Waals surface area contributed by atoms with E-state index in [2.05, 4.69) is 11.1 Å². The molecule has 0 bridgehead atoms. The number of rotatable bonds is 2. The van der Waals surface area contributed by atoms with Crippen LogP contribution in [0.2, 0.25) is 0 Å². The highest BCUT2D eigenvalue weighted by molar-refractivity contribution is 5.90. The Kier molecular flexibility index (Phi) is 4.48. The predicted molar refractivity (Wildman–Crippen MR) is 90.2 cm³/mol. The Hall–Kier alpha value is -2.87. The number of nitriles is 1. The van der Waals surface area contributed by atoms with Crippen molar-refractivity contribution in [1.29, 1.82) is 5.26 Å². The van der Waals surface area contributed by atoms with E-state index in [1.165, 1.54) is 19.1 Å². The Morgan fingerprint density at radius 1 is 1.21 bits per heavy atom. The number of nitrogens with zero attached hydrogens (tertiary/aromatic N) is 1. The molecule has 0 unspecified atom stereocenters. The van der Waals surface area contributed by atoms with Crippen molar-refractivity contribution in [1.82, 2.24) is 0 Å². The van der Waals surface area contributed by atoms with Gasteiger partial charge in [0, 0.05) is 17.5 Å². The Morgan fingerprint density at radius 2 is 1.92 bits per heavy atom.